The number of aromatic carboxylic acids is 1. The van der Waals surface area contributed by atoms with Crippen LogP contribution in [0.3, 0.4) is 0 Å². The Bertz CT molecular complexity index is 564. The first-order valence-electron chi connectivity index (χ1n) is 5.40. The molecular formula is C14H11NO3. The first kappa shape index (κ1) is 12.0. The monoisotopic (exact) mass is 241 g/mol. The molecule has 4 heteroatoms. The first-order valence-corrected chi connectivity index (χ1v) is 5.40. The van der Waals surface area contributed by atoms with E-state index >= 15 is 0 Å². The summed E-state index contributed by atoms with van der Waals surface area (Å²) in [4.78, 5) is 26.8. The number of nitrogens with zero attached hydrogens (tertiary/aromatic N) is 1. The molecule has 1 aromatic carbocycles. The van der Waals surface area contributed by atoms with E-state index in [0.717, 1.165) is 0 Å². The maximum absolute atomic E-state index is 11.5. The summed E-state index contributed by atoms with van der Waals surface area (Å²) in [6.45, 7) is 1.45. The van der Waals surface area contributed by atoms with Crippen LogP contribution in [0.2, 0.25) is 0 Å². The Labute approximate surface area is 104 Å². The Morgan fingerprint density at radius 3 is 2.39 bits per heavy atom. The number of carbonyl (C=O) groups excluding carboxylic acids is 1. The zero-order valence-corrected chi connectivity index (χ0v) is 9.75. The number of ketones is 1. The predicted molar refractivity (Wildman–Crippen MR) is 66.6 cm³/mol. The molecule has 0 amide bonds. The zero-order valence-electron chi connectivity index (χ0n) is 9.75. The lowest BCUT2D eigenvalue weighted by Gasteiger charge is -2.08. The maximum atomic E-state index is 11.5. The quantitative estimate of drug-likeness (QED) is 0.839. The van der Waals surface area contributed by atoms with Gasteiger partial charge in [-0.25, -0.2) is 4.79 Å². The summed E-state index contributed by atoms with van der Waals surface area (Å²) in [7, 11) is 0. The van der Waals surface area contributed by atoms with Crippen molar-refractivity contribution in [3.63, 3.8) is 0 Å². The summed E-state index contributed by atoms with van der Waals surface area (Å²) < 4.78 is 0. The average molecular weight is 241 g/mol. The third kappa shape index (κ3) is 2.13. The number of pyridine rings is 1. The summed E-state index contributed by atoms with van der Waals surface area (Å²) in [6, 6.07) is 9.89. The van der Waals surface area contributed by atoms with Crippen molar-refractivity contribution in [2.24, 2.45) is 0 Å². The van der Waals surface area contributed by atoms with Gasteiger partial charge in [0.15, 0.2) is 5.78 Å². The van der Waals surface area contributed by atoms with Crippen molar-refractivity contribution >= 4 is 11.8 Å². The van der Waals surface area contributed by atoms with Gasteiger partial charge in [-0.2, -0.15) is 0 Å². The van der Waals surface area contributed by atoms with Crippen LogP contribution in [0.15, 0.2) is 42.6 Å². The zero-order chi connectivity index (χ0) is 13.1. The SMILES string of the molecule is CC(=O)c1ccccc1-c1ncccc1C(=O)O. The van der Waals surface area contributed by atoms with E-state index < -0.39 is 5.97 Å². The Morgan fingerprint density at radius 2 is 1.72 bits per heavy atom. The number of Topliss-reactive ketones (excluding diaryl/α,β-unsaturated/α-hetero) is 1. The number of carboxylic acid groups (broad SMARTS) is 1. The largest absolute Gasteiger partial charge is 0.478 e. The Kier molecular flexibility index (Phi) is 3.19. The van der Waals surface area contributed by atoms with Crippen LogP contribution in [0.1, 0.15) is 27.6 Å². The summed E-state index contributed by atoms with van der Waals surface area (Å²) in [5.74, 6) is -1.18. The molecule has 0 radical (unpaired) electrons. The Balaban J connectivity index is 2.70. The van der Waals surface area contributed by atoms with Gasteiger partial charge in [0.05, 0.1) is 11.3 Å². The fourth-order valence-electron chi connectivity index (χ4n) is 1.79. The fourth-order valence-corrected chi connectivity index (χ4v) is 1.79. The lowest BCUT2D eigenvalue weighted by Crippen LogP contribution is -2.04. The summed E-state index contributed by atoms with van der Waals surface area (Å²) in [6.07, 6.45) is 1.51. The van der Waals surface area contributed by atoms with Crippen LogP contribution in [-0.2, 0) is 0 Å². The normalized spacial score (nSPS) is 10.1. The maximum Gasteiger partial charge on any atom is 0.337 e. The second-order valence-corrected chi connectivity index (χ2v) is 3.81. The number of aromatic nitrogens is 1. The van der Waals surface area contributed by atoms with Crippen LogP contribution in [0.5, 0.6) is 0 Å². The van der Waals surface area contributed by atoms with Gasteiger partial charge in [-0.3, -0.25) is 9.78 Å². The highest BCUT2D eigenvalue weighted by atomic mass is 16.4. The van der Waals surface area contributed by atoms with Crippen LogP contribution >= 0.6 is 0 Å². The van der Waals surface area contributed by atoms with Crippen LogP contribution in [0, 0.1) is 0 Å². The van der Waals surface area contributed by atoms with E-state index in [0.29, 0.717) is 16.8 Å². The second-order valence-electron chi connectivity index (χ2n) is 3.81. The molecule has 0 aliphatic carbocycles. The topological polar surface area (TPSA) is 67.3 Å². The van der Waals surface area contributed by atoms with Crippen LogP contribution in [-0.4, -0.2) is 21.8 Å². The molecule has 4 nitrogen and oxygen atoms in total. The average Bonchev–Trinajstić information content (AvgIpc) is 2.38. The minimum Gasteiger partial charge on any atom is -0.478 e. The van der Waals surface area contributed by atoms with Crippen molar-refractivity contribution in [1.29, 1.82) is 0 Å². The molecule has 1 heterocycles. The second kappa shape index (κ2) is 4.79. The molecule has 2 rings (SSSR count). The first-order chi connectivity index (χ1) is 8.61. The van der Waals surface area contributed by atoms with Gasteiger partial charge >= 0.3 is 5.97 Å². The molecule has 90 valence electrons. The minimum absolute atomic E-state index is 0.0891. The van der Waals surface area contributed by atoms with E-state index in [2.05, 4.69) is 4.98 Å². The van der Waals surface area contributed by atoms with Gasteiger partial charge in [-0.15, -0.1) is 0 Å². The van der Waals surface area contributed by atoms with Gasteiger partial charge in [-0.1, -0.05) is 24.3 Å². The van der Waals surface area contributed by atoms with Crippen molar-refractivity contribution in [2.45, 2.75) is 6.92 Å². The minimum atomic E-state index is -1.06. The number of rotatable bonds is 3. The van der Waals surface area contributed by atoms with Gasteiger partial charge < -0.3 is 5.11 Å². The molecule has 1 N–H and O–H groups in total. The van der Waals surface area contributed by atoms with E-state index in [1.54, 1.807) is 30.3 Å². The van der Waals surface area contributed by atoms with E-state index in [-0.39, 0.29) is 11.3 Å². The highest BCUT2D eigenvalue weighted by molar-refractivity contribution is 6.03. The van der Waals surface area contributed by atoms with Crippen molar-refractivity contribution in [2.75, 3.05) is 0 Å². The van der Waals surface area contributed by atoms with Crippen molar-refractivity contribution < 1.29 is 14.7 Å². The molecule has 0 bridgehead atoms. The molecule has 2 aromatic rings. The van der Waals surface area contributed by atoms with Crippen LogP contribution < -0.4 is 0 Å². The van der Waals surface area contributed by atoms with Gasteiger partial charge in [0.1, 0.15) is 0 Å². The highest BCUT2D eigenvalue weighted by Gasteiger charge is 2.16. The number of carboxylic acids is 1. The number of benzene rings is 1. The van der Waals surface area contributed by atoms with Crippen molar-refractivity contribution in [3.05, 3.63) is 53.7 Å². The standard InChI is InChI=1S/C14H11NO3/c1-9(16)10-5-2-3-6-11(10)13-12(14(17)18)7-4-8-15-13/h2-8H,1H3,(H,17,18). The summed E-state index contributed by atoms with van der Waals surface area (Å²) >= 11 is 0. The van der Waals surface area contributed by atoms with E-state index in [1.165, 1.54) is 19.2 Å². The molecule has 0 aliphatic heterocycles. The number of carbonyl (C=O) groups is 2. The summed E-state index contributed by atoms with van der Waals surface area (Å²) in [5, 5.41) is 9.13. The molecule has 0 unspecified atom stereocenters. The molecule has 0 spiro atoms. The number of hydrogen-bond acceptors (Lipinski definition) is 3. The smallest absolute Gasteiger partial charge is 0.337 e. The predicted octanol–water partition coefficient (Wildman–Crippen LogP) is 2.65. The molecule has 0 fully saturated rings. The molecule has 1 aromatic heterocycles. The summed E-state index contributed by atoms with van der Waals surface area (Å²) in [5.41, 5.74) is 1.42. The lowest BCUT2D eigenvalue weighted by molar-refractivity contribution is 0.0697. The van der Waals surface area contributed by atoms with Crippen molar-refractivity contribution in [3.8, 4) is 11.3 Å². The Hall–Kier alpha value is -2.49. The molecule has 0 atom stereocenters. The molecule has 0 saturated carbocycles. The highest BCUT2D eigenvalue weighted by Crippen LogP contribution is 2.25. The van der Waals surface area contributed by atoms with Crippen molar-refractivity contribution in [1.82, 2.24) is 4.98 Å². The van der Waals surface area contributed by atoms with E-state index in [9.17, 15) is 9.59 Å². The lowest BCUT2D eigenvalue weighted by atomic mass is 9.98. The van der Waals surface area contributed by atoms with Gasteiger partial charge in [0.25, 0.3) is 0 Å². The van der Waals surface area contributed by atoms with Crippen LogP contribution in [0.25, 0.3) is 11.3 Å². The van der Waals surface area contributed by atoms with Crippen LogP contribution in [0.4, 0.5) is 0 Å². The Morgan fingerprint density at radius 1 is 1.06 bits per heavy atom. The van der Waals surface area contributed by atoms with Gasteiger partial charge in [0.2, 0.25) is 0 Å². The van der Waals surface area contributed by atoms with Gasteiger partial charge in [-0.05, 0) is 19.1 Å². The third-order valence-corrected chi connectivity index (χ3v) is 2.60. The van der Waals surface area contributed by atoms with Gasteiger partial charge in [0, 0.05) is 17.3 Å². The molecule has 0 saturated heterocycles. The molecular weight excluding hydrogens is 230 g/mol. The molecule has 0 aliphatic rings. The molecule has 18 heavy (non-hydrogen) atoms. The van der Waals surface area contributed by atoms with E-state index in [1.807, 2.05) is 0 Å². The number of hydrogen-bond donors (Lipinski definition) is 1. The fraction of sp³-hybridized carbons (Fsp3) is 0.0714. The van der Waals surface area contributed by atoms with E-state index in [4.69, 9.17) is 5.11 Å². The third-order valence-electron chi connectivity index (χ3n) is 2.60.